The lowest BCUT2D eigenvalue weighted by atomic mass is 9.82. The quantitative estimate of drug-likeness (QED) is 0.251. The molecule has 214 valence electrons. The van der Waals surface area contributed by atoms with Gasteiger partial charge in [-0.3, -0.25) is 18.6 Å². The molecule has 10 heteroatoms. The van der Waals surface area contributed by atoms with E-state index in [2.05, 4.69) is 20.8 Å². The van der Waals surface area contributed by atoms with Gasteiger partial charge in [-0.05, 0) is 63.5 Å². The van der Waals surface area contributed by atoms with Crippen LogP contribution in [0, 0.1) is 18.3 Å². The number of ketones is 1. The molecule has 2 aliphatic heterocycles. The van der Waals surface area contributed by atoms with Crippen LogP contribution in [0.1, 0.15) is 53.0 Å². The summed E-state index contributed by atoms with van der Waals surface area (Å²) in [6, 6.07) is 7.37. The summed E-state index contributed by atoms with van der Waals surface area (Å²) < 4.78 is 37.8. The van der Waals surface area contributed by atoms with E-state index in [1.807, 2.05) is 32.2 Å². The van der Waals surface area contributed by atoms with Gasteiger partial charge < -0.3 is 18.6 Å². The molecule has 1 aromatic carbocycles. The van der Waals surface area contributed by atoms with Crippen LogP contribution in [-0.2, 0) is 43.8 Å². The van der Waals surface area contributed by atoms with E-state index in [1.165, 1.54) is 0 Å². The van der Waals surface area contributed by atoms with Crippen LogP contribution in [0.4, 0.5) is 0 Å². The molecule has 0 unspecified atom stereocenters. The van der Waals surface area contributed by atoms with E-state index in [0.717, 1.165) is 5.56 Å². The third-order valence-electron chi connectivity index (χ3n) is 8.73. The van der Waals surface area contributed by atoms with Crippen LogP contribution in [0.3, 0.4) is 0 Å². The van der Waals surface area contributed by atoms with Crippen molar-refractivity contribution in [1.29, 1.82) is 0 Å². The van der Waals surface area contributed by atoms with Crippen molar-refractivity contribution in [2.75, 3.05) is 13.2 Å². The summed E-state index contributed by atoms with van der Waals surface area (Å²) in [7, 11) is -4.04. The predicted molar refractivity (Wildman–Crippen MR) is 149 cm³/mol. The second-order valence-electron chi connectivity index (χ2n) is 12.3. The van der Waals surface area contributed by atoms with E-state index in [0.29, 0.717) is 4.90 Å². The summed E-state index contributed by atoms with van der Waals surface area (Å²) in [5, 5.41) is -0.856. The van der Waals surface area contributed by atoms with Gasteiger partial charge in [-0.2, -0.15) is 0 Å². The summed E-state index contributed by atoms with van der Waals surface area (Å²) in [5.41, 5.74) is -2.27. The molecule has 0 radical (unpaired) electrons. The maximum Gasteiger partial charge on any atom is 0.323 e. The number of hydrogen-bond acceptors (Lipinski definition) is 8. The molecular formula is C29H40O8SSi. The van der Waals surface area contributed by atoms with Crippen LogP contribution in [0.2, 0.25) is 18.1 Å². The van der Waals surface area contributed by atoms with Crippen molar-refractivity contribution in [3.05, 3.63) is 41.7 Å². The van der Waals surface area contributed by atoms with Crippen LogP contribution in [-0.4, -0.2) is 60.4 Å². The van der Waals surface area contributed by atoms with Gasteiger partial charge in [-0.25, -0.2) is 0 Å². The fraction of sp³-hybridized carbons (Fsp3) is 0.621. The lowest BCUT2D eigenvalue weighted by molar-refractivity contribution is -0.174. The second kappa shape index (κ2) is 10.3. The van der Waals surface area contributed by atoms with Crippen LogP contribution in [0.15, 0.2) is 41.0 Å². The molecule has 8 nitrogen and oxygen atoms in total. The van der Waals surface area contributed by atoms with Gasteiger partial charge in [0.05, 0.1) is 35.4 Å². The van der Waals surface area contributed by atoms with Gasteiger partial charge in [-0.1, -0.05) is 38.5 Å². The number of fused-ring (bicyclic) bond motifs is 1. The van der Waals surface area contributed by atoms with Crippen LogP contribution < -0.4 is 0 Å². The highest BCUT2D eigenvalue weighted by atomic mass is 32.2. The SMILES string of the molecule is CCOC(=O)C1(C(=O)OCC)C[C@@H]2[C@@H]([S@@](=O)c3ccc(C)cc3)[C@H]3C=C(O[Si](C)(C)C(C)(C)C)C(=O)[C@]2(C1)O3. The molecule has 39 heavy (non-hydrogen) atoms. The van der Waals surface area contributed by atoms with Gasteiger partial charge in [0.2, 0.25) is 5.78 Å². The number of rotatable bonds is 8. The Morgan fingerprint density at radius 2 is 1.64 bits per heavy atom. The molecular weight excluding hydrogens is 536 g/mol. The van der Waals surface area contributed by atoms with Gasteiger partial charge in [0.25, 0.3) is 8.32 Å². The molecule has 3 aliphatic rings. The topological polar surface area (TPSA) is 105 Å². The van der Waals surface area contributed by atoms with Crippen molar-refractivity contribution in [3.63, 3.8) is 0 Å². The van der Waals surface area contributed by atoms with Gasteiger partial charge >= 0.3 is 11.9 Å². The molecule has 4 rings (SSSR count). The van der Waals surface area contributed by atoms with Crippen LogP contribution >= 0.6 is 0 Å². The summed E-state index contributed by atoms with van der Waals surface area (Å²) in [5.74, 6) is -2.42. The first-order chi connectivity index (χ1) is 18.1. The summed E-state index contributed by atoms with van der Waals surface area (Å²) >= 11 is 0. The molecule has 5 atom stereocenters. The molecule has 2 heterocycles. The maximum atomic E-state index is 14.3. The number of benzene rings is 1. The number of hydrogen-bond donors (Lipinski definition) is 0. The Morgan fingerprint density at radius 3 is 2.15 bits per heavy atom. The minimum absolute atomic E-state index is 0.0591. The normalized spacial score (nSPS) is 28.4. The molecule has 1 saturated carbocycles. The van der Waals surface area contributed by atoms with E-state index in [9.17, 15) is 18.6 Å². The lowest BCUT2D eigenvalue weighted by Crippen LogP contribution is -2.50. The highest BCUT2D eigenvalue weighted by Crippen LogP contribution is 2.61. The number of carbonyl (C=O) groups excluding carboxylic acids is 3. The van der Waals surface area contributed by atoms with Gasteiger partial charge in [-0.15, -0.1) is 0 Å². The van der Waals surface area contributed by atoms with Gasteiger partial charge in [0.1, 0.15) is 11.4 Å². The third-order valence-corrected chi connectivity index (χ3v) is 14.9. The Balaban J connectivity index is 1.85. The van der Waals surface area contributed by atoms with E-state index in [-0.39, 0.29) is 36.9 Å². The first-order valence-corrected chi connectivity index (χ1v) is 17.7. The molecule has 0 N–H and O–H groups in total. The zero-order valence-corrected chi connectivity index (χ0v) is 25.9. The standard InChI is InChI=1S/C29H40O8SSi/c1-9-34-25(31)28(26(32)35-10-2)16-20-23(38(33)19-13-11-18(3)12-14-19)21-15-22(24(30)29(20,17-28)36-21)37-39(7,8)27(4,5)6/h11-15,20-21,23H,9-10,16-17H2,1-8H3/t20-,21-,23-,29-,38+/m1/s1. The Morgan fingerprint density at radius 1 is 1.08 bits per heavy atom. The van der Waals surface area contributed by atoms with E-state index >= 15 is 0 Å². The molecule has 1 aromatic rings. The molecule has 0 aromatic heterocycles. The predicted octanol–water partition coefficient (Wildman–Crippen LogP) is 4.62. The minimum Gasteiger partial charge on any atom is -0.541 e. The average molecular weight is 577 g/mol. The summed E-state index contributed by atoms with van der Waals surface area (Å²) in [6.07, 6.45) is 0.685. The Hall–Kier alpha value is -2.30. The number of esters is 2. The van der Waals surface area contributed by atoms with Crippen LogP contribution in [0.5, 0.6) is 0 Å². The highest BCUT2D eigenvalue weighted by Gasteiger charge is 2.75. The maximum absolute atomic E-state index is 14.3. The van der Waals surface area contributed by atoms with E-state index < -0.39 is 65.1 Å². The van der Waals surface area contributed by atoms with Crippen LogP contribution in [0.25, 0.3) is 0 Å². The molecule has 0 amide bonds. The van der Waals surface area contributed by atoms with Crippen molar-refractivity contribution >= 4 is 36.8 Å². The Kier molecular flexibility index (Phi) is 7.81. The third kappa shape index (κ3) is 4.82. The van der Waals surface area contributed by atoms with Crippen molar-refractivity contribution < 1.29 is 37.2 Å². The number of carbonyl (C=O) groups is 3. The first-order valence-electron chi connectivity index (χ1n) is 13.6. The smallest absolute Gasteiger partial charge is 0.323 e. The molecule has 2 bridgehead atoms. The van der Waals surface area contributed by atoms with Crippen molar-refractivity contribution in [1.82, 2.24) is 0 Å². The zero-order chi connectivity index (χ0) is 29.0. The monoisotopic (exact) mass is 576 g/mol. The van der Waals surface area contributed by atoms with E-state index in [1.54, 1.807) is 32.1 Å². The summed E-state index contributed by atoms with van der Waals surface area (Å²) in [6.45, 7) is 15.7. The minimum atomic E-state index is -2.44. The largest absolute Gasteiger partial charge is 0.541 e. The van der Waals surface area contributed by atoms with Crippen molar-refractivity contribution in [3.8, 4) is 0 Å². The first kappa shape index (κ1) is 29.7. The Labute approximate surface area is 234 Å². The highest BCUT2D eigenvalue weighted by molar-refractivity contribution is 7.85. The number of aryl methyl sites for hydroxylation is 1. The average Bonchev–Trinajstić information content (AvgIpc) is 3.31. The van der Waals surface area contributed by atoms with E-state index in [4.69, 9.17) is 18.6 Å². The molecule has 1 spiro atoms. The number of Topliss-reactive ketones (excluding diaryl/α,β-unsaturated/α-hetero) is 1. The van der Waals surface area contributed by atoms with Crippen molar-refractivity contribution in [2.24, 2.45) is 11.3 Å². The van der Waals surface area contributed by atoms with Gasteiger partial charge in [0.15, 0.2) is 5.41 Å². The molecule has 1 saturated heterocycles. The van der Waals surface area contributed by atoms with Gasteiger partial charge in [0, 0.05) is 17.2 Å². The zero-order valence-electron chi connectivity index (χ0n) is 24.1. The fourth-order valence-corrected chi connectivity index (χ4v) is 8.37. The number of ether oxygens (including phenoxy) is 3. The molecule has 2 fully saturated rings. The lowest BCUT2D eigenvalue weighted by Gasteiger charge is -2.40. The second-order valence-corrected chi connectivity index (χ2v) is 18.6. The summed E-state index contributed by atoms with van der Waals surface area (Å²) in [4.78, 5) is 41.7. The fourth-order valence-electron chi connectivity index (χ4n) is 5.65. The molecule has 1 aliphatic carbocycles. The Bertz CT molecular complexity index is 1200. The van der Waals surface area contributed by atoms with Crippen molar-refractivity contribution in [2.45, 2.75) is 94.4 Å².